The highest BCUT2D eigenvalue weighted by atomic mass is 16.3. The molecule has 0 heterocycles. The number of aliphatic hydroxyl groups excluding tert-OH is 1. The van der Waals surface area contributed by atoms with Crippen LogP contribution in [-0.4, -0.2) is 5.11 Å². The summed E-state index contributed by atoms with van der Waals surface area (Å²) in [6.45, 7) is 21.4. The van der Waals surface area contributed by atoms with Gasteiger partial charge < -0.3 is 5.11 Å². The molecular weight excluding hydrogens is 352 g/mol. The van der Waals surface area contributed by atoms with Crippen molar-refractivity contribution in [2.75, 3.05) is 0 Å². The van der Waals surface area contributed by atoms with E-state index in [9.17, 15) is 5.11 Å². The van der Waals surface area contributed by atoms with Crippen LogP contribution in [0, 0.1) is 5.41 Å². The molecule has 0 unspecified atom stereocenters. The Balaban J connectivity index is 3.83. The highest BCUT2D eigenvalue weighted by Crippen LogP contribution is 2.39. The molecule has 0 aliphatic heterocycles. The molecule has 0 atom stereocenters. The number of benzene rings is 1. The normalized spacial score (nSPS) is 14.1. The van der Waals surface area contributed by atoms with Gasteiger partial charge in [-0.2, -0.15) is 0 Å². The van der Waals surface area contributed by atoms with Crippen LogP contribution < -0.4 is 0 Å². The molecule has 29 heavy (non-hydrogen) atoms. The summed E-state index contributed by atoms with van der Waals surface area (Å²) in [5, 5.41) is 9.91. The molecular formula is C28H40O. The minimum absolute atomic E-state index is 0.203. The molecule has 0 bridgehead atoms. The zero-order chi connectivity index (χ0) is 22.2. The summed E-state index contributed by atoms with van der Waals surface area (Å²) in [6, 6.07) is 10.6. The molecule has 0 saturated heterocycles. The average molecular weight is 393 g/mol. The van der Waals surface area contributed by atoms with Gasteiger partial charge in [-0.05, 0) is 68.7 Å². The second kappa shape index (κ2) is 11.0. The standard InChI is InChI=1S/C28H40O/c1-10-28(8,9)19-23(6)27(25-14-12-11-13-15-25)26(22(5)18-24(7)29)21(4)17-16-20(2)3/h11-17,29H,7,10,18-19H2,1-6,8-9H3/b21-17+,26-22+,27-23+. The molecule has 0 saturated carbocycles. The Bertz CT molecular complexity index is 822. The molecule has 0 radical (unpaired) electrons. The van der Waals surface area contributed by atoms with E-state index in [-0.39, 0.29) is 11.2 Å². The third kappa shape index (κ3) is 7.93. The van der Waals surface area contributed by atoms with Crippen LogP contribution in [0.4, 0.5) is 0 Å². The second-order valence-corrected chi connectivity index (χ2v) is 9.21. The second-order valence-electron chi connectivity index (χ2n) is 9.21. The number of hydrogen-bond acceptors (Lipinski definition) is 1. The van der Waals surface area contributed by atoms with Gasteiger partial charge in [0.25, 0.3) is 0 Å². The molecule has 0 aliphatic carbocycles. The lowest BCUT2D eigenvalue weighted by atomic mass is 9.78. The van der Waals surface area contributed by atoms with Crippen LogP contribution in [0.3, 0.4) is 0 Å². The molecule has 0 aromatic heterocycles. The van der Waals surface area contributed by atoms with E-state index in [1.807, 2.05) is 0 Å². The van der Waals surface area contributed by atoms with Crippen molar-refractivity contribution in [2.45, 2.75) is 74.7 Å². The van der Waals surface area contributed by atoms with Gasteiger partial charge in [0.2, 0.25) is 0 Å². The van der Waals surface area contributed by atoms with Gasteiger partial charge in [-0.1, -0.05) is 93.0 Å². The average Bonchev–Trinajstić information content (AvgIpc) is 2.63. The number of hydrogen-bond donors (Lipinski definition) is 1. The quantitative estimate of drug-likeness (QED) is 0.328. The molecule has 1 aromatic rings. The van der Waals surface area contributed by atoms with E-state index in [2.05, 4.69) is 104 Å². The summed E-state index contributed by atoms with van der Waals surface area (Å²) < 4.78 is 0. The minimum atomic E-state index is 0.203. The molecule has 1 N–H and O–H groups in total. The van der Waals surface area contributed by atoms with Gasteiger partial charge >= 0.3 is 0 Å². The van der Waals surface area contributed by atoms with Crippen LogP contribution >= 0.6 is 0 Å². The van der Waals surface area contributed by atoms with E-state index in [0.29, 0.717) is 6.42 Å². The molecule has 0 fully saturated rings. The molecule has 1 rings (SSSR count). The Morgan fingerprint density at radius 1 is 0.966 bits per heavy atom. The van der Waals surface area contributed by atoms with Crippen LogP contribution in [0.15, 0.2) is 82.7 Å². The van der Waals surface area contributed by atoms with E-state index < -0.39 is 0 Å². The molecule has 0 spiro atoms. The van der Waals surface area contributed by atoms with E-state index >= 15 is 0 Å². The molecule has 0 aliphatic rings. The van der Waals surface area contributed by atoms with Crippen LogP contribution in [0.2, 0.25) is 0 Å². The SMILES string of the molecule is C=C(O)C/C(C)=C(C(\C)=C\C=C(C)C)/C(=C(\C)CC(C)(C)CC)c1ccccc1. The predicted octanol–water partition coefficient (Wildman–Crippen LogP) is 8.98. The number of aliphatic hydroxyl groups is 1. The van der Waals surface area contributed by atoms with Crippen molar-refractivity contribution in [3.8, 4) is 0 Å². The third-order valence-electron chi connectivity index (χ3n) is 5.40. The highest BCUT2D eigenvalue weighted by molar-refractivity contribution is 5.86. The minimum Gasteiger partial charge on any atom is -0.513 e. The maximum absolute atomic E-state index is 9.91. The van der Waals surface area contributed by atoms with Crippen molar-refractivity contribution in [1.82, 2.24) is 0 Å². The maximum Gasteiger partial charge on any atom is 0.0891 e. The molecule has 1 heteroatoms. The van der Waals surface area contributed by atoms with Gasteiger partial charge in [-0.25, -0.2) is 0 Å². The smallest absolute Gasteiger partial charge is 0.0891 e. The van der Waals surface area contributed by atoms with Crippen LogP contribution in [0.25, 0.3) is 5.57 Å². The first-order valence-electron chi connectivity index (χ1n) is 10.6. The summed E-state index contributed by atoms with van der Waals surface area (Å²) in [6.07, 6.45) is 6.99. The van der Waals surface area contributed by atoms with Crippen molar-refractivity contribution < 1.29 is 5.11 Å². The Morgan fingerprint density at radius 3 is 2.03 bits per heavy atom. The fourth-order valence-electron chi connectivity index (χ4n) is 3.66. The molecule has 1 aromatic carbocycles. The summed E-state index contributed by atoms with van der Waals surface area (Å²) in [4.78, 5) is 0. The van der Waals surface area contributed by atoms with E-state index in [1.54, 1.807) is 0 Å². The summed E-state index contributed by atoms with van der Waals surface area (Å²) >= 11 is 0. The molecule has 158 valence electrons. The van der Waals surface area contributed by atoms with Gasteiger partial charge in [0.05, 0.1) is 5.76 Å². The lowest BCUT2D eigenvalue weighted by Gasteiger charge is -2.27. The molecule has 0 amide bonds. The maximum atomic E-state index is 9.91. The third-order valence-corrected chi connectivity index (χ3v) is 5.40. The fraction of sp³-hybridized carbons (Fsp3) is 0.429. The number of allylic oxidation sites excluding steroid dienone is 8. The summed E-state index contributed by atoms with van der Waals surface area (Å²) in [5.74, 6) is 0.203. The summed E-state index contributed by atoms with van der Waals surface area (Å²) in [7, 11) is 0. The first kappa shape index (κ1) is 24.8. The van der Waals surface area contributed by atoms with Crippen LogP contribution in [0.1, 0.15) is 80.2 Å². The Kier molecular flexibility index (Phi) is 9.43. The Morgan fingerprint density at radius 2 is 1.55 bits per heavy atom. The van der Waals surface area contributed by atoms with E-state index in [1.165, 1.54) is 33.4 Å². The van der Waals surface area contributed by atoms with Gasteiger partial charge in [0.1, 0.15) is 0 Å². The van der Waals surface area contributed by atoms with Crippen LogP contribution in [0.5, 0.6) is 0 Å². The van der Waals surface area contributed by atoms with Crippen molar-refractivity contribution in [2.24, 2.45) is 5.41 Å². The largest absolute Gasteiger partial charge is 0.513 e. The van der Waals surface area contributed by atoms with Crippen molar-refractivity contribution >= 4 is 5.57 Å². The monoisotopic (exact) mass is 392 g/mol. The van der Waals surface area contributed by atoms with Crippen molar-refractivity contribution in [3.05, 3.63) is 88.3 Å². The fourth-order valence-corrected chi connectivity index (χ4v) is 3.66. The van der Waals surface area contributed by atoms with Crippen molar-refractivity contribution in [3.63, 3.8) is 0 Å². The van der Waals surface area contributed by atoms with Gasteiger partial charge in [0.15, 0.2) is 0 Å². The highest BCUT2D eigenvalue weighted by Gasteiger charge is 2.21. The zero-order valence-electron chi connectivity index (χ0n) is 19.8. The first-order chi connectivity index (χ1) is 13.5. The van der Waals surface area contributed by atoms with E-state index in [4.69, 9.17) is 0 Å². The Labute approximate surface area is 179 Å². The lowest BCUT2D eigenvalue weighted by Crippen LogP contribution is -2.11. The van der Waals surface area contributed by atoms with Crippen LogP contribution in [-0.2, 0) is 0 Å². The lowest BCUT2D eigenvalue weighted by molar-refractivity contribution is 0.348. The first-order valence-corrected chi connectivity index (χ1v) is 10.6. The topological polar surface area (TPSA) is 20.2 Å². The van der Waals surface area contributed by atoms with E-state index in [0.717, 1.165) is 18.4 Å². The van der Waals surface area contributed by atoms with Gasteiger partial charge in [-0.3, -0.25) is 0 Å². The summed E-state index contributed by atoms with van der Waals surface area (Å²) in [5.41, 5.74) is 8.95. The van der Waals surface area contributed by atoms with Crippen molar-refractivity contribution in [1.29, 1.82) is 0 Å². The Hall–Kier alpha value is -2.28. The predicted molar refractivity (Wildman–Crippen MR) is 130 cm³/mol. The zero-order valence-corrected chi connectivity index (χ0v) is 19.8. The number of rotatable bonds is 9. The molecule has 1 nitrogen and oxygen atoms in total. The van der Waals surface area contributed by atoms with Gasteiger partial charge in [0, 0.05) is 6.42 Å². The van der Waals surface area contributed by atoms with Gasteiger partial charge in [-0.15, -0.1) is 0 Å².